The predicted octanol–water partition coefficient (Wildman–Crippen LogP) is 4.53. The highest BCUT2D eigenvalue weighted by Crippen LogP contribution is 2.34. The van der Waals surface area contributed by atoms with Crippen molar-refractivity contribution in [2.75, 3.05) is 0 Å². The predicted molar refractivity (Wildman–Crippen MR) is 76.1 cm³/mol. The van der Waals surface area contributed by atoms with Crippen LogP contribution in [-0.2, 0) is 0 Å². The molecule has 0 bridgehead atoms. The van der Waals surface area contributed by atoms with E-state index in [2.05, 4.69) is 27.7 Å². The standard InChI is InChI=1S/C12H14ClN3.C2H6/c1-8-6-16(9-4-2-3-5-9)12-10(8)11(13)14-7-15-12;1-2/h6-7,9H,2-5H2,1H3;1-2H3. The minimum absolute atomic E-state index is 0.569. The Morgan fingerprint density at radius 1 is 1.22 bits per heavy atom. The molecule has 2 heterocycles. The van der Waals surface area contributed by atoms with Crippen LogP contribution in [0.25, 0.3) is 11.0 Å². The first-order chi connectivity index (χ1) is 8.77. The van der Waals surface area contributed by atoms with Crippen LogP contribution in [0.2, 0.25) is 5.15 Å². The van der Waals surface area contributed by atoms with Gasteiger partial charge in [0.15, 0.2) is 0 Å². The maximum Gasteiger partial charge on any atom is 0.145 e. The van der Waals surface area contributed by atoms with E-state index in [1.165, 1.54) is 31.2 Å². The summed E-state index contributed by atoms with van der Waals surface area (Å²) in [6.07, 6.45) is 8.87. The summed E-state index contributed by atoms with van der Waals surface area (Å²) in [6, 6.07) is 0.599. The van der Waals surface area contributed by atoms with Crippen LogP contribution in [0, 0.1) is 6.92 Å². The number of aromatic nitrogens is 3. The van der Waals surface area contributed by atoms with Crippen LogP contribution in [0.3, 0.4) is 0 Å². The van der Waals surface area contributed by atoms with E-state index in [9.17, 15) is 0 Å². The first-order valence-corrected chi connectivity index (χ1v) is 7.13. The van der Waals surface area contributed by atoms with Crippen molar-refractivity contribution in [1.29, 1.82) is 0 Å². The van der Waals surface area contributed by atoms with Crippen molar-refractivity contribution in [3.05, 3.63) is 23.2 Å². The van der Waals surface area contributed by atoms with Crippen LogP contribution in [0.5, 0.6) is 0 Å². The number of hydrogen-bond donors (Lipinski definition) is 0. The molecule has 1 fully saturated rings. The summed E-state index contributed by atoms with van der Waals surface area (Å²) in [5.41, 5.74) is 2.16. The molecule has 0 N–H and O–H groups in total. The average Bonchev–Trinajstić information content (AvgIpc) is 3.00. The van der Waals surface area contributed by atoms with Crippen LogP contribution in [-0.4, -0.2) is 14.5 Å². The van der Waals surface area contributed by atoms with Crippen LogP contribution in [0.1, 0.15) is 51.1 Å². The topological polar surface area (TPSA) is 30.7 Å². The molecular formula is C14H20ClN3. The quantitative estimate of drug-likeness (QED) is 0.709. The molecule has 0 amide bonds. The van der Waals surface area contributed by atoms with Gasteiger partial charge in [0.05, 0.1) is 5.39 Å². The van der Waals surface area contributed by atoms with Gasteiger partial charge < -0.3 is 4.57 Å². The van der Waals surface area contributed by atoms with Gasteiger partial charge in [0.1, 0.15) is 17.1 Å². The van der Waals surface area contributed by atoms with Gasteiger partial charge in [0, 0.05) is 12.2 Å². The normalized spacial score (nSPS) is 15.8. The number of hydrogen-bond acceptors (Lipinski definition) is 2. The molecule has 3 rings (SSSR count). The highest BCUT2D eigenvalue weighted by molar-refractivity contribution is 6.34. The van der Waals surface area contributed by atoms with Gasteiger partial charge in [-0.2, -0.15) is 0 Å². The lowest BCUT2D eigenvalue weighted by Crippen LogP contribution is -2.03. The van der Waals surface area contributed by atoms with Gasteiger partial charge in [0.25, 0.3) is 0 Å². The Kier molecular flexibility index (Phi) is 4.23. The molecule has 3 nitrogen and oxygen atoms in total. The summed E-state index contributed by atoms with van der Waals surface area (Å²) in [7, 11) is 0. The molecular weight excluding hydrogens is 246 g/mol. The van der Waals surface area contributed by atoms with Crippen molar-refractivity contribution in [2.45, 2.75) is 52.5 Å². The Hall–Kier alpha value is -1.09. The van der Waals surface area contributed by atoms with Crippen molar-refractivity contribution in [2.24, 2.45) is 0 Å². The maximum absolute atomic E-state index is 6.12. The SMILES string of the molecule is CC.Cc1cn(C2CCCC2)c2ncnc(Cl)c12. The van der Waals surface area contributed by atoms with Crippen LogP contribution >= 0.6 is 11.6 Å². The Morgan fingerprint density at radius 3 is 2.56 bits per heavy atom. The highest BCUT2D eigenvalue weighted by atomic mass is 35.5. The zero-order valence-electron chi connectivity index (χ0n) is 11.3. The van der Waals surface area contributed by atoms with E-state index in [1.54, 1.807) is 6.33 Å². The van der Waals surface area contributed by atoms with Crippen molar-refractivity contribution in [3.8, 4) is 0 Å². The van der Waals surface area contributed by atoms with Crippen molar-refractivity contribution in [3.63, 3.8) is 0 Å². The first kappa shape index (κ1) is 13.3. The minimum Gasteiger partial charge on any atom is -0.329 e. The number of halogens is 1. The van der Waals surface area contributed by atoms with Gasteiger partial charge in [-0.15, -0.1) is 0 Å². The third kappa shape index (κ3) is 2.24. The van der Waals surface area contributed by atoms with Crippen molar-refractivity contribution < 1.29 is 0 Å². The lowest BCUT2D eigenvalue weighted by Gasteiger charge is -2.12. The van der Waals surface area contributed by atoms with E-state index in [-0.39, 0.29) is 0 Å². The summed E-state index contributed by atoms with van der Waals surface area (Å²) in [5.74, 6) is 0. The summed E-state index contributed by atoms with van der Waals surface area (Å²) in [5, 5.41) is 1.58. The minimum atomic E-state index is 0.569. The first-order valence-electron chi connectivity index (χ1n) is 6.75. The van der Waals surface area contributed by atoms with Gasteiger partial charge in [-0.05, 0) is 25.3 Å². The molecule has 98 valence electrons. The molecule has 0 aromatic carbocycles. The molecule has 0 spiro atoms. The van der Waals surface area contributed by atoms with E-state index in [0.29, 0.717) is 11.2 Å². The van der Waals surface area contributed by atoms with Crippen LogP contribution in [0.15, 0.2) is 12.5 Å². The highest BCUT2D eigenvalue weighted by Gasteiger charge is 2.20. The van der Waals surface area contributed by atoms with Gasteiger partial charge in [-0.1, -0.05) is 38.3 Å². The molecule has 1 aliphatic carbocycles. The Bertz CT molecular complexity index is 527. The number of rotatable bonds is 1. The molecule has 2 aromatic heterocycles. The Balaban J connectivity index is 0.000000574. The van der Waals surface area contributed by atoms with Crippen LogP contribution < -0.4 is 0 Å². The second-order valence-electron chi connectivity index (χ2n) is 4.52. The lowest BCUT2D eigenvalue weighted by atomic mass is 10.2. The molecule has 0 aliphatic heterocycles. The lowest BCUT2D eigenvalue weighted by molar-refractivity contribution is 0.531. The number of fused-ring (bicyclic) bond motifs is 1. The molecule has 2 aromatic rings. The third-order valence-electron chi connectivity index (χ3n) is 3.47. The molecule has 0 radical (unpaired) electrons. The molecule has 1 aliphatic rings. The number of aryl methyl sites for hydroxylation is 1. The molecule has 1 saturated carbocycles. The number of nitrogens with zero attached hydrogens (tertiary/aromatic N) is 3. The summed E-state index contributed by atoms with van der Waals surface area (Å²) in [4.78, 5) is 8.42. The van der Waals surface area contributed by atoms with Crippen LogP contribution in [0.4, 0.5) is 0 Å². The van der Waals surface area contributed by atoms with E-state index >= 15 is 0 Å². The summed E-state index contributed by atoms with van der Waals surface area (Å²) >= 11 is 6.12. The molecule has 0 atom stereocenters. The third-order valence-corrected chi connectivity index (χ3v) is 3.76. The zero-order chi connectivity index (χ0) is 13.1. The van der Waals surface area contributed by atoms with Gasteiger partial charge in [-0.3, -0.25) is 0 Å². The van der Waals surface area contributed by atoms with E-state index in [1.807, 2.05) is 13.8 Å². The fourth-order valence-corrected chi connectivity index (χ4v) is 2.96. The molecule has 0 unspecified atom stereocenters. The largest absolute Gasteiger partial charge is 0.329 e. The van der Waals surface area contributed by atoms with E-state index in [4.69, 9.17) is 11.6 Å². The summed E-state index contributed by atoms with van der Waals surface area (Å²) < 4.78 is 2.28. The molecule has 4 heteroatoms. The Labute approximate surface area is 113 Å². The smallest absolute Gasteiger partial charge is 0.145 e. The van der Waals surface area contributed by atoms with Crippen molar-refractivity contribution in [1.82, 2.24) is 14.5 Å². The fraction of sp³-hybridized carbons (Fsp3) is 0.571. The maximum atomic E-state index is 6.12. The van der Waals surface area contributed by atoms with Crippen molar-refractivity contribution >= 4 is 22.6 Å². The monoisotopic (exact) mass is 265 g/mol. The second kappa shape index (κ2) is 5.70. The zero-order valence-corrected chi connectivity index (χ0v) is 12.0. The van der Waals surface area contributed by atoms with E-state index < -0.39 is 0 Å². The molecule has 18 heavy (non-hydrogen) atoms. The second-order valence-corrected chi connectivity index (χ2v) is 4.88. The Morgan fingerprint density at radius 2 is 1.89 bits per heavy atom. The molecule has 0 saturated heterocycles. The average molecular weight is 266 g/mol. The van der Waals surface area contributed by atoms with Gasteiger partial charge >= 0.3 is 0 Å². The summed E-state index contributed by atoms with van der Waals surface area (Å²) in [6.45, 7) is 6.07. The van der Waals surface area contributed by atoms with Gasteiger partial charge in [-0.25, -0.2) is 9.97 Å². The fourth-order valence-electron chi connectivity index (χ4n) is 2.69. The van der Waals surface area contributed by atoms with Gasteiger partial charge in [0.2, 0.25) is 0 Å². The van der Waals surface area contributed by atoms with E-state index in [0.717, 1.165) is 11.0 Å².